The monoisotopic (exact) mass is 266 g/mol. The van der Waals surface area contributed by atoms with Crippen molar-refractivity contribution in [2.45, 2.75) is 13.1 Å². The molecule has 0 aliphatic rings. The second-order valence-electron chi connectivity index (χ2n) is 3.40. The molecule has 0 spiro atoms. The Morgan fingerprint density at radius 1 is 1.07 bits per heavy atom. The van der Waals surface area contributed by atoms with Crippen LogP contribution in [0.1, 0.15) is 11.3 Å². The molecule has 1 heterocycles. The molecule has 0 atom stereocenters. The molecule has 2 rings (SSSR count). The summed E-state index contributed by atoms with van der Waals surface area (Å²) in [6, 6.07) is 12.3. The van der Waals surface area contributed by atoms with Gasteiger partial charge in [0, 0.05) is 10.0 Å². The first kappa shape index (κ1) is 10.5. The molecule has 0 radical (unpaired) electrons. The van der Waals surface area contributed by atoms with Gasteiger partial charge in [0.25, 0.3) is 0 Å². The largest absolute Gasteiger partial charge is 0.463 e. The number of halogens is 1. The molecule has 78 valence electrons. The smallest absolute Gasteiger partial charge is 0.157 e. The van der Waals surface area contributed by atoms with E-state index in [1.807, 2.05) is 12.1 Å². The van der Waals surface area contributed by atoms with E-state index in [9.17, 15) is 0 Å². The third-order valence-corrected chi connectivity index (χ3v) is 2.75. The number of rotatable bonds is 4. The standard InChI is InChI=1S/C12H12BrNO/c13-11-5-3-10(4-6-11)8-14-9-12-2-1-7-15-12/h1-7,14H,8-9H2/p+1. The lowest BCUT2D eigenvalue weighted by atomic mass is 10.2. The van der Waals surface area contributed by atoms with Gasteiger partial charge in [0.05, 0.1) is 6.26 Å². The topological polar surface area (TPSA) is 29.8 Å². The van der Waals surface area contributed by atoms with Crippen molar-refractivity contribution in [3.8, 4) is 0 Å². The van der Waals surface area contributed by atoms with Gasteiger partial charge in [-0.3, -0.25) is 0 Å². The quantitative estimate of drug-likeness (QED) is 0.905. The van der Waals surface area contributed by atoms with Crippen molar-refractivity contribution in [3.05, 3.63) is 58.5 Å². The van der Waals surface area contributed by atoms with Crippen LogP contribution < -0.4 is 5.32 Å². The summed E-state index contributed by atoms with van der Waals surface area (Å²) in [4.78, 5) is 0. The summed E-state index contributed by atoms with van der Waals surface area (Å²) in [5, 5.41) is 2.22. The highest BCUT2D eigenvalue weighted by Gasteiger charge is 1.99. The van der Waals surface area contributed by atoms with Gasteiger partial charge >= 0.3 is 0 Å². The van der Waals surface area contributed by atoms with E-state index in [2.05, 4.69) is 45.5 Å². The Kier molecular flexibility index (Phi) is 3.59. The lowest BCUT2D eigenvalue weighted by Gasteiger charge is -2.00. The summed E-state index contributed by atoms with van der Waals surface area (Å²) in [5.41, 5.74) is 1.32. The number of hydrogen-bond acceptors (Lipinski definition) is 1. The molecule has 1 aromatic heterocycles. The minimum absolute atomic E-state index is 0.892. The average molecular weight is 267 g/mol. The molecule has 0 saturated heterocycles. The van der Waals surface area contributed by atoms with Crippen molar-refractivity contribution in [2.24, 2.45) is 0 Å². The Labute approximate surface area is 97.4 Å². The Morgan fingerprint density at radius 3 is 2.53 bits per heavy atom. The lowest BCUT2D eigenvalue weighted by Crippen LogP contribution is -2.80. The van der Waals surface area contributed by atoms with Crippen molar-refractivity contribution in [1.82, 2.24) is 0 Å². The molecular weight excluding hydrogens is 254 g/mol. The summed E-state index contributed by atoms with van der Waals surface area (Å²) >= 11 is 3.42. The van der Waals surface area contributed by atoms with Crippen LogP contribution in [0, 0.1) is 0 Å². The lowest BCUT2D eigenvalue weighted by molar-refractivity contribution is -0.687. The molecule has 0 aliphatic carbocycles. The number of quaternary nitrogens is 1. The van der Waals surface area contributed by atoms with E-state index in [4.69, 9.17) is 4.42 Å². The summed E-state index contributed by atoms with van der Waals surface area (Å²) in [6.45, 7) is 1.87. The van der Waals surface area contributed by atoms with E-state index < -0.39 is 0 Å². The Morgan fingerprint density at radius 2 is 1.87 bits per heavy atom. The molecule has 1 aromatic carbocycles. The van der Waals surface area contributed by atoms with Gasteiger partial charge < -0.3 is 9.73 Å². The number of nitrogens with two attached hydrogens (primary N) is 1. The first-order valence-corrected chi connectivity index (χ1v) is 5.72. The minimum Gasteiger partial charge on any atom is -0.463 e. The third-order valence-electron chi connectivity index (χ3n) is 2.22. The Hall–Kier alpha value is -1.06. The normalized spacial score (nSPS) is 10.5. The fourth-order valence-electron chi connectivity index (χ4n) is 1.43. The van der Waals surface area contributed by atoms with Gasteiger partial charge in [-0.05, 0) is 24.3 Å². The predicted octanol–water partition coefficient (Wildman–Crippen LogP) is 2.31. The van der Waals surface area contributed by atoms with Gasteiger partial charge in [0.1, 0.15) is 13.1 Å². The van der Waals surface area contributed by atoms with Crippen LogP contribution in [0.4, 0.5) is 0 Å². The van der Waals surface area contributed by atoms with Crippen LogP contribution in [-0.4, -0.2) is 0 Å². The fraction of sp³-hybridized carbons (Fsp3) is 0.167. The first-order chi connectivity index (χ1) is 7.34. The summed E-state index contributed by atoms with van der Waals surface area (Å²) in [6.07, 6.45) is 1.71. The van der Waals surface area contributed by atoms with Crippen molar-refractivity contribution in [3.63, 3.8) is 0 Å². The van der Waals surface area contributed by atoms with Crippen LogP contribution in [0.3, 0.4) is 0 Å². The van der Waals surface area contributed by atoms with Gasteiger partial charge in [-0.1, -0.05) is 28.1 Å². The maximum atomic E-state index is 5.25. The van der Waals surface area contributed by atoms with Gasteiger partial charge in [-0.15, -0.1) is 0 Å². The van der Waals surface area contributed by atoms with Crippen LogP contribution in [0.25, 0.3) is 0 Å². The molecule has 2 N–H and O–H groups in total. The van der Waals surface area contributed by atoms with Crippen molar-refractivity contribution in [1.29, 1.82) is 0 Å². The maximum absolute atomic E-state index is 5.25. The van der Waals surface area contributed by atoms with E-state index in [-0.39, 0.29) is 0 Å². The van der Waals surface area contributed by atoms with E-state index in [0.717, 1.165) is 23.3 Å². The fourth-order valence-corrected chi connectivity index (χ4v) is 1.69. The molecule has 0 fully saturated rings. The molecule has 15 heavy (non-hydrogen) atoms. The second-order valence-corrected chi connectivity index (χ2v) is 4.32. The van der Waals surface area contributed by atoms with Gasteiger partial charge in [0.15, 0.2) is 5.76 Å². The van der Waals surface area contributed by atoms with Crippen molar-refractivity contribution in [2.75, 3.05) is 0 Å². The summed E-state index contributed by atoms with van der Waals surface area (Å²) in [7, 11) is 0. The van der Waals surface area contributed by atoms with Crippen LogP contribution in [0.2, 0.25) is 0 Å². The molecule has 0 saturated carbocycles. The number of furan rings is 1. The molecule has 2 nitrogen and oxygen atoms in total. The zero-order valence-electron chi connectivity index (χ0n) is 8.32. The Bertz CT molecular complexity index is 394. The zero-order valence-corrected chi connectivity index (χ0v) is 9.91. The predicted molar refractivity (Wildman–Crippen MR) is 62.2 cm³/mol. The highest BCUT2D eigenvalue weighted by molar-refractivity contribution is 9.10. The SMILES string of the molecule is Brc1ccc(C[NH2+]Cc2ccco2)cc1. The first-order valence-electron chi connectivity index (χ1n) is 4.93. The van der Waals surface area contributed by atoms with Crippen LogP contribution >= 0.6 is 15.9 Å². The molecule has 0 amide bonds. The summed E-state index contributed by atoms with van der Waals surface area (Å²) < 4.78 is 6.37. The zero-order chi connectivity index (χ0) is 10.5. The van der Waals surface area contributed by atoms with Gasteiger partial charge in [-0.25, -0.2) is 0 Å². The molecule has 0 aliphatic heterocycles. The average Bonchev–Trinajstić information content (AvgIpc) is 2.74. The molecule has 3 heteroatoms. The molecule has 0 unspecified atom stereocenters. The second kappa shape index (κ2) is 5.14. The van der Waals surface area contributed by atoms with E-state index in [0.29, 0.717) is 0 Å². The molecule has 0 bridgehead atoms. The van der Waals surface area contributed by atoms with Crippen LogP contribution in [-0.2, 0) is 13.1 Å². The van der Waals surface area contributed by atoms with E-state index in [1.165, 1.54) is 5.56 Å². The van der Waals surface area contributed by atoms with Gasteiger partial charge in [-0.2, -0.15) is 0 Å². The van der Waals surface area contributed by atoms with Gasteiger partial charge in [0.2, 0.25) is 0 Å². The summed E-state index contributed by atoms with van der Waals surface area (Å²) in [5.74, 6) is 1.02. The highest BCUT2D eigenvalue weighted by Crippen LogP contribution is 2.09. The van der Waals surface area contributed by atoms with E-state index >= 15 is 0 Å². The third kappa shape index (κ3) is 3.22. The Balaban J connectivity index is 1.81. The van der Waals surface area contributed by atoms with Crippen molar-refractivity contribution >= 4 is 15.9 Å². The number of benzene rings is 1. The highest BCUT2D eigenvalue weighted by atomic mass is 79.9. The van der Waals surface area contributed by atoms with Crippen LogP contribution in [0.5, 0.6) is 0 Å². The van der Waals surface area contributed by atoms with Crippen molar-refractivity contribution < 1.29 is 9.73 Å². The number of hydrogen-bond donors (Lipinski definition) is 1. The van der Waals surface area contributed by atoms with E-state index in [1.54, 1.807) is 6.26 Å². The molecule has 2 aromatic rings. The van der Waals surface area contributed by atoms with Crippen LogP contribution in [0.15, 0.2) is 51.6 Å². The minimum atomic E-state index is 0.892. The maximum Gasteiger partial charge on any atom is 0.157 e. The molecular formula is C12H13BrNO+.